The average molecular weight is 1150 g/mol. The molecule has 4 saturated heterocycles. The normalized spacial score (nSPS) is 30.4. The van der Waals surface area contributed by atoms with Crippen LogP contribution in [0.15, 0.2) is 182 Å². The highest BCUT2D eigenvalue weighted by atomic mass is 28.4. The van der Waals surface area contributed by atoms with Gasteiger partial charge in [-0.1, -0.05) is 203 Å². The second-order valence-electron chi connectivity index (χ2n) is 23.4. The minimum absolute atomic E-state index is 0.114. The van der Waals surface area contributed by atoms with Gasteiger partial charge in [0.25, 0.3) is 0 Å². The van der Waals surface area contributed by atoms with Crippen LogP contribution in [0.5, 0.6) is 0 Å². The van der Waals surface area contributed by atoms with Crippen LogP contribution in [-0.2, 0) is 99.0 Å². The summed E-state index contributed by atoms with van der Waals surface area (Å²) in [5.41, 5.74) is 12.8. The van der Waals surface area contributed by atoms with E-state index in [1.54, 1.807) is 7.11 Å². The molecule has 16 heteroatoms. The van der Waals surface area contributed by atoms with Crippen LogP contribution in [-0.4, -0.2) is 121 Å². The second kappa shape index (κ2) is 28.9. The fourth-order valence-electron chi connectivity index (χ4n) is 10.7. The third-order valence-electron chi connectivity index (χ3n) is 16.4. The Balaban J connectivity index is 1.07. The lowest BCUT2D eigenvalue weighted by Crippen LogP contribution is -2.69. The number of nitrogens with two attached hydrogens (primary N) is 1. The molecule has 6 aromatic rings. The Bertz CT molecular complexity index is 2820. The number of rotatable bonds is 24. The molecule has 15 nitrogen and oxygen atoms in total. The Morgan fingerprint density at radius 3 is 1.35 bits per heavy atom. The minimum atomic E-state index is -2.40. The van der Waals surface area contributed by atoms with Gasteiger partial charge in [0.05, 0.1) is 58.4 Å². The van der Waals surface area contributed by atoms with Gasteiger partial charge in [-0.15, -0.1) is 0 Å². The molecule has 0 amide bonds. The highest BCUT2D eigenvalue weighted by Gasteiger charge is 2.57. The maximum Gasteiger partial charge on any atom is 0.192 e. The average Bonchev–Trinajstić information content (AvgIpc) is 3.68. The molecule has 0 unspecified atom stereocenters. The molecule has 444 valence electrons. The first-order chi connectivity index (χ1) is 40.3. The van der Waals surface area contributed by atoms with Crippen molar-refractivity contribution in [2.24, 2.45) is 5.73 Å². The summed E-state index contributed by atoms with van der Waals surface area (Å²) in [6, 6.07) is 59.1. The monoisotopic (exact) mass is 1150 g/mol. The summed E-state index contributed by atoms with van der Waals surface area (Å²) >= 11 is 0. The van der Waals surface area contributed by atoms with Crippen molar-refractivity contribution in [3.05, 3.63) is 215 Å². The lowest BCUT2D eigenvalue weighted by molar-refractivity contribution is -0.394. The van der Waals surface area contributed by atoms with Gasteiger partial charge >= 0.3 is 0 Å². The molecule has 0 bridgehead atoms. The fourth-order valence-corrected chi connectivity index (χ4v) is 11.8. The van der Waals surface area contributed by atoms with Crippen molar-refractivity contribution in [2.75, 3.05) is 20.3 Å². The van der Waals surface area contributed by atoms with Gasteiger partial charge in [-0.3, -0.25) is 0 Å². The number of methoxy groups -OCH3 is 1. The van der Waals surface area contributed by atoms with E-state index in [1.165, 1.54) is 0 Å². The molecule has 83 heavy (non-hydrogen) atoms. The Morgan fingerprint density at radius 1 is 0.470 bits per heavy atom. The topological polar surface area (TPSA) is 155 Å². The molecule has 4 aliphatic rings. The maximum absolute atomic E-state index is 7.73. The van der Waals surface area contributed by atoms with E-state index in [1.807, 2.05) is 177 Å². The van der Waals surface area contributed by atoms with Gasteiger partial charge in [-0.05, 0) is 52.9 Å². The quantitative estimate of drug-likeness (QED) is 0.0571. The summed E-state index contributed by atoms with van der Waals surface area (Å²) in [5, 5.41) is -0.114. The molecule has 4 heterocycles. The lowest BCUT2D eigenvalue weighted by atomic mass is 9.94. The third-order valence-corrected chi connectivity index (χ3v) is 20.9. The molecular formula is C67H83NO14Si. The summed E-state index contributed by atoms with van der Waals surface area (Å²) < 4.78 is 97.8. The summed E-state index contributed by atoms with van der Waals surface area (Å²) in [5.74, 6) is 0. The number of ether oxygens (including phenoxy) is 13. The molecule has 4 fully saturated rings. The highest BCUT2D eigenvalue weighted by Crippen LogP contribution is 2.42. The molecule has 0 aromatic heterocycles. The van der Waals surface area contributed by atoms with Crippen LogP contribution >= 0.6 is 0 Å². The van der Waals surface area contributed by atoms with Crippen LogP contribution < -0.4 is 5.73 Å². The zero-order valence-corrected chi connectivity index (χ0v) is 49.8. The summed E-state index contributed by atoms with van der Waals surface area (Å²) in [6.07, 6.45) is -12.6. The Hall–Kier alpha value is -5.06. The second-order valence-corrected chi connectivity index (χ2v) is 28.2. The Labute approximate surface area is 490 Å². The molecule has 0 radical (unpaired) electrons. The lowest BCUT2D eigenvalue weighted by Gasteiger charge is -2.52. The van der Waals surface area contributed by atoms with Gasteiger partial charge in [0.1, 0.15) is 61.0 Å². The van der Waals surface area contributed by atoms with Crippen molar-refractivity contribution >= 4 is 8.32 Å². The van der Waals surface area contributed by atoms with E-state index in [9.17, 15) is 0 Å². The van der Waals surface area contributed by atoms with Crippen molar-refractivity contribution < 1.29 is 66.0 Å². The highest BCUT2D eigenvalue weighted by molar-refractivity contribution is 6.74. The van der Waals surface area contributed by atoms with Gasteiger partial charge in [-0.25, -0.2) is 0 Å². The smallest absolute Gasteiger partial charge is 0.192 e. The van der Waals surface area contributed by atoms with E-state index in [2.05, 4.69) is 46.0 Å². The molecule has 6 aromatic carbocycles. The van der Waals surface area contributed by atoms with Gasteiger partial charge in [-0.2, -0.15) is 0 Å². The number of hydrogen-bond donors (Lipinski definition) is 1. The molecular weight excluding hydrogens is 1070 g/mol. The van der Waals surface area contributed by atoms with Gasteiger partial charge < -0.3 is 71.7 Å². The largest absolute Gasteiger partial charge is 0.414 e. The van der Waals surface area contributed by atoms with Crippen LogP contribution in [0.3, 0.4) is 0 Å². The Kier molecular flexibility index (Phi) is 21.2. The molecule has 0 spiro atoms. The van der Waals surface area contributed by atoms with Crippen molar-refractivity contribution in [3.8, 4) is 0 Å². The van der Waals surface area contributed by atoms with E-state index < -0.39 is 107 Å². The maximum atomic E-state index is 7.73. The van der Waals surface area contributed by atoms with Gasteiger partial charge in [0.15, 0.2) is 33.5 Å². The van der Waals surface area contributed by atoms with Gasteiger partial charge in [0.2, 0.25) is 0 Å². The van der Waals surface area contributed by atoms with E-state index in [4.69, 9.17) is 71.7 Å². The summed E-state index contributed by atoms with van der Waals surface area (Å²) in [4.78, 5) is 0. The van der Waals surface area contributed by atoms with Crippen LogP contribution in [0.1, 0.15) is 67.4 Å². The van der Waals surface area contributed by atoms with Crippen LogP contribution in [0, 0.1) is 0 Å². The van der Waals surface area contributed by atoms with E-state index in [0.29, 0.717) is 0 Å². The number of benzene rings is 6. The van der Waals surface area contributed by atoms with Crippen molar-refractivity contribution in [1.82, 2.24) is 0 Å². The molecule has 2 N–H and O–H groups in total. The van der Waals surface area contributed by atoms with E-state index >= 15 is 0 Å². The standard InChI is InChI=1S/C67H83NO14Si/c1-45-55(70-38-46-26-14-8-15-27-46)60(62(74-42-50-34-22-12-23-35-50)65(77-45)81-58-54(68)64(69-5)78-52-43-75-63(80-57(52)58)51-36-24-13-25-37-51)82-66-61(73-41-49-32-20-11-21-33-49)59(72-40-48-30-18-10-19-31-48)56(71-39-47-28-16-9-17-29-47)53(79-66)44-76-83(6,7)67(2,3)4/h8-37,45,52-66H,38-44,68H2,1-7H3/t45-,52+,53-,54+,55-,56-,57+,58+,59+,60+,61+,62+,63+,64+,65-,66-/m0/s1. The summed E-state index contributed by atoms with van der Waals surface area (Å²) in [6.45, 7) is 14.6. The molecule has 10 rings (SSSR count). The van der Waals surface area contributed by atoms with Crippen molar-refractivity contribution in [1.29, 1.82) is 0 Å². The first kappa shape index (κ1) is 61.0. The van der Waals surface area contributed by atoms with E-state index in [0.717, 1.165) is 33.4 Å². The predicted octanol–water partition coefficient (Wildman–Crippen LogP) is 11.0. The third kappa shape index (κ3) is 15.7. The first-order valence-electron chi connectivity index (χ1n) is 29.1. The summed E-state index contributed by atoms with van der Waals surface area (Å²) in [7, 11) is -0.847. The van der Waals surface area contributed by atoms with Crippen molar-refractivity contribution in [2.45, 2.75) is 177 Å². The van der Waals surface area contributed by atoms with Crippen LogP contribution in [0.4, 0.5) is 0 Å². The number of hydrogen-bond acceptors (Lipinski definition) is 15. The van der Waals surface area contributed by atoms with E-state index in [-0.39, 0.29) is 51.3 Å². The van der Waals surface area contributed by atoms with Crippen LogP contribution in [0.2, 0.25) is 18.1 Å². The zero-order chi connectivity index (χ0) is 57.8. The minimum Gasteiger partial charge on any atom is -0.414 e. The molecule has 4 aliphatic heterocycles. The van der Waals surface area contributed by atoms with Gasteiger partial charge in [0, 0.05) is 12.7 Å². The first-order valence-corrected chi connectivity index (χ1v) is 32.0. The fraction of sp³-hybridized carbons (Fsp3) is 0.463. The zero-order valence-electron chi connectivity index (χ0n) is 48.8. The predicted molar refractivity (Wildman–Crippen MR) is 315 cm³/mol. The van der Waals surface area contributed by atoms with Crippen LogP contribution in [0.25, 0.3) is 0 Å². The SMILES string of the molecule is CO[C@@H]1O[C@@H]2CO[C@@H](c3ccccc3)O[C@H]2[C@H](O[C@@H]2O[C@@H](C)[C@H](OCc3ccccc3)[C@@H](O[C@@H]3O[C@@H](CO[Si](C)(C)C(C)(C)C)[C@H](OCc4ccccc4)[C@@H](OCc4ccccc4)[C@H]3OCc3ccccc3)[C@H]2OCc2ccccc2)[C@H]1N. The Morgan fingerprint density at radius 2 is 0.880 bits per heavy atom. The molecule has 16 atom stereocenters. The molecule has 0 aliphatic carbocycles. The van der Waals surface area contributed by atoms with Crippen molar-refractivity contribution in [3.63, 3.8) is 0 Å². The molecule has 0 saturated carbocycles. The number of fused-ring (bicyclic) bond motifs is 1.